The van der Waals surface area contributed by atoms with E-state index in [0.29, 0.717) is 23.8 Å². The Kier molecular flexibility index (Phi) is 7.91. The molecule has 1 aromatic carbocycles. The summed E-state index contributed by atoms with van der Waals surface area (Å²) in [5.41, 5.74) is 1.41. The van der Waals surface area contributed by atoms with Crippen molar-refractivity contribution in [1.82, 2.24) is 10.3 Å². The molecule has 0 spiro atoms. The van der Waals surface area contributed by atoms with Gasteiger partial charge in [-0.25, -0.2) is 9.78 Å². The smallest absolute Gasteiger partial charge is 0.328 e. The van der Waals surface area contributed by atoms with Gasteiger partial charge >= 0.3 is 5.97 Å². The van der Waals surface area contributed by atoms with E-state index in [1.54, 1.807) is 32.5 Å². The Hall–Kier alpha value is -2.28. The van der Waals surface area contributed by atoms with Crippen LogP contribution in [0.25, 0.3) is 11.5 Å². The average Bonchev–Trinajstić information content (AvgIpc) is 2.99. The van der Waals surface area contributed by atoms with Crippen LogP contribution in [-0.4, -0.2) is 41.0 Å². The number of nitrogens with zero attached hydrogens (tertiary/aromatic N) is 1. The van der Waals surface area contributed by atoms with Gasteiger partial charge in [-0.2, -0.15) is 11.8 Å². The van der Waals surface area contributed by atoms with E-state index in [4.69, 9.17) is 9.15 Å². The SMILES string of the molecule is CSCCC(NC(=O)Cc1nc(-c2ccccc2)oc1C)C(=O)OC(C)C. The molecular formula is C20H26N2O4S. The molecule has 146 valence electrons. The Morgan fingerprint density at radius 2 is 1.96 bits per heavy atom. The second-order valence-electron chi connectivity index (χ2n) is 6.45. The molecule has 0 bridgehead atoms. The van der Waals surface area contributed by atoms with E-state index < -0.39 is 12.0 Å². The standard InChI is InChI=1S/C20H26N2O4S/c1-13(2)25-20(24)16(10-11-27-4)21-18(23)12-17-14(3)26-19(22-17)15-8-6-5-7-9-15/h5-9,13,16H,10-12H2,1-4H3,(H,21,23). The van der Waals surface area contributed by atoms with Crippen molar-refractivity contribution in [2.24, 2.45) is 0 Å². The number of hydrogen-bond donors (Lipinski definition) is 1. The number of carbonyl (C=O) groups excluding carboxylic acids is 2. The summed E-state index contributed by atoms with van der Waals surface area (Å²) in [6.45, 7) is 5.35. The lowest BCUT2D eigenvalue weighted by Gasteiger charge is -2.18. The summed E-state index contributed by atoms with van der Waals surface area (Å²) < 4.78 is 10.9. The van der Waals surface area contributed by atoms with Crippen LogP contribution in [-0.2, 0) is 20.7 Å². The van der Waals surface area contributed by atoms with Crippen molar-refractivity contribution in [3.63, 3.8) is 0 Å². The van der Waals surface area contributed by atoms with E-state index >= 15 is 0 Å². The number of benzene rings is 1. The van der Waals surface area contributed by atoms with Gasteiger partial charge in [0.05, 0.1) is 18.2 Å². The fourth-order valence-corrected chi connectivity index (χ4v) is 2.96. The molecular weight excluding hydrogens is 364 g/mol. The third-order valence-electron chi connectivity index (χ3n) is 3.82. The topological polar surface area (TPSA) is 81.4 Å². The average molecular weight is 391 g/mol. The molecule has 6 nitrogen and oxygen atoms in total. The number of ether oxygens (including phenoxy) is 1. The zero-order valence-electron chi connectivity index (χ0n) is 16.2. The lowest BCUT2D eigenvalue weighted by atomic mass is 10.2. The number of oxazole rings is 1. The Labute approximate surface area is 164 Å². The lowest BCUT2D eigenvalue weighted by Crippen LogP contribution is -2.43. The number of nitrogens with one attached hydrogen (secondary N) is 1. The van der Waals surface area contributed by atoms with Crippen molar-refractivity contribution < 1.29 is 18.7 Å². The Balaban J connectivity index is 2.04. The molecule has 0 aliphatic rings. The van der Waals surface area contributed by atoms with E-state index in [1.807, 2.05) is 36.6 Å². The van der Waals surface area contributed by atoms with E-state index in [2.05, 4.69) is 10.3 Å². The third kappa shape index (κ3) is 6.43. The van der Waals surface area contributed by atoms with Crippen LogP contribution in [0.15, 0.2) is 34.7 Å². The molecule has 2 aromatic rings. The number of rotatable bonds is 9. The molecule has 0 saturated carbocycles. The number of aromatic nitrogens is 1. The molecule has 1 atom stereocenters. The minimum atomic E-state index is -0.659. The van der Waals surface area contributed by atoms with Gasteiger partial charge in [-0.1, -0.05) is 18.2 Å². The first-order valence-corrected chi connectivity index (χ1v) is 10.3. The zero-order chi connectivity index (χ0) is 19.8. The number of hydrogen-bond acceptors (Lipinski definition) is 6. The zero-order valence-corrected chi connectivity index (χ0v) is 17.0. The van der Waals surface area contributed by atoms with Crippen LogP contribution in [0, 0.1) is 6.92 Å². The van der Waals surface area contributed by atoms with Crippen molar-refractivity contribution in [1.29, 1.82) is 0 Å². The fourth-order valence-electron chi connectivity index (χ4n) is 2.49. The van der Waals surface area contributed by atoms with Crippen LogP contribution < -0.4 is 5.32 Å². The van der Waals surface area contributed by atoms with E-state index in [9.17, 15) is 9.59 Å². The summed E-state index contributed by atoms with van der Waals surface area (Å²) in [6.07, 6.45) is 2.30. The fraction of sp³-hybridized carbons (Fsp3) is 0.450. The van der Waals surface area contributed by atoms with Gasteiger partial charge in [0.25, 0.3) is 0 Å². The van der Waals surface area contributed by atoms with Gasteiger partial charge in [0.2, 0.25) is 11.8 Å². The van der Waals surface area contributed by atoms with Crippen molar-refractivity contribution >= 4 is 23.6 Å². The minimum absolute atomic E-state index is 0.0485. The third-order valence-corrected chi connectivity index (χ3v) is 4.47. The van der Waals surface area contributed by atoms with Crippen molar-refractivity contribution in [2.45, 2.75) is 45.8 Å². The maximum Gasteiger partial charge on any atom is 0.328 e. The highest BCUT2D eigenvalue weighted by Crippen LogP contribution is 2.21. The summed E-state index contributed by atoms with van der Waals surface area (Å²) in [4.78, 5) is 29.1. The van der Waals surface area contributed by atoms with Crippen LogP contribution in [0.2, 0.25) is 0 Å². The van der Waals surface area contributed by atoms with Crippen molar-refractivity contribution in [2.75, 3.05) is 12.0 Å². The van der Waals surface area contributed by atoms with Crippen molar-refractivity contribution in [3.05, 3.63) is 41.8 Å². The predicted molar refractivity (Wildman–Crippen MR) is 107 cm³/mol. The van der Waals surface area contributed by atoms with Crippen LogP contribution in [0.5, 0.6) is 0 Å². The lowest BCUT2D eigenvalue weighted by molar-refractivity contribution is -0.151. The molecule has 7 heteroatoms. The first-order chi connectivity index (χ1) is 12.9. The maximum absolute atomic E-state index is 12.5. The second kappa shape index (κ2) is 10.2. The van der Waals surface area contributed by atoms with E-state index in [0.717, 1.165) is 11.3 Å². The number of esters is 1. The van der Waals surface area contributed by atoms with E-state index in [-0.39, 0.29) is 18.4 Å². The van der Waals surface area contributed by atoms with Crippen molar-refractivity contribution in [3.8, 4) is 11.5 Å². The first kappa shape index (κ1) is 21.0. The van der Waals surface area contributed by atoms with Crippen LogP contribution >= 0.6 is 11.8 Å². The number of thioether (sulfide) groups is 1. The number of carbonyl (C=O) groups is 2. The quantitative estimate of drug-likeness (QED) is 0.661. The molecule has 1 unspecified atom stereocenters. The van der Waals surface area contributed by atoms with Gasteiger partial charge in [-0.3, -0.25) is 4.79 Å². The molecule has 1 N–H and O–H groups in total. The molecule has 0 saturated heterocycles. The summed E-state index contributed by atoms with van der Waals surface area (Å²) >= 11 is 1.61. The second-order valence-corrected chi connectivity index (χ2v) is 7.44. The molecule has 0 fully saturated rings. The van der Waals surface area contributed by atoms with Gasteiger partial charge in [0, 0.05) is 5.56 Å². The van der Waals surface area contributed by atoms with Crippen LogP contribution in [0.1, 0.15) is 31.7 Å². The highest BCUT2D eigenvalue weighted by atomic mass is 32.2. The van der Waals surface area contributed by atoms with Crippen LogP contribution in [0.4, 0.5) is 0 Å². The molecule has 27 heavy (non-hydrogen) atoms. The number of aryl methyl sites for hydroxylation is 1. The van der Waals surface area contributed by atoms with Gasteiger partial charge in [-0.15, -0.1) is 0 Å². The number of amides is 1. The molecule has 0 radical (unpaired) electrons. The van der Waals surface area contributed by atoms with Gasteiger partial charge in [0.15, 0.2) is 0 Å². The van der Waals surface area contributed by atoms with E-state index in [1.165, 1.54) is 0 Å². The molecule has 0 aliphatic heterocycles. The summed E-state index contributed by atoms with van der Waals surface area (Å²) in [7, 11) is 0. The first-order valence-electron chi connectivity index (χ1n) is 8.91. The normalized spacial score (nSPS) is 12.0. The molecule has 1 heterocycles. The molecule has 0 aliphatic carbocycles. The Bertz CT molecular complexity index is 759. The largest absolute Gasteiger partial charge is 0.461 e. The summed E-state index contributed by atoms with van der Waals surface area (Å²) in [5, 5.41) is 2.77. The molecule has 1 aromatic heterocycles. The summed E-state index contributed by atoms with van der Waals surface area (Å²) in [6, 6.07) is 8.85. The summed E-state index contributed by atoms with van der Waals surface area (Å²) in [5.74, 6) is 1.13. The van der Waals surface area contributed by atoms with Gasteiger partial charge < -0.3 is 14.5 Å². The highest BCUT2D eigenvalue weighted by molar-refractivity contribution is 7.98. The Morgan fingerprint density at radius 1 is 1.26 bits per heavy atom. The monoisotopic (exact) mass is 390 g/mol. The maximum atomic E-state index is 12.5. The van der Waals surface area contributed by atoms with Gasteiger partial charge in [-0.05, 0) is 51.3 Å². The molecule has 1 amide bonds. The van der Waals surface area contributed by atoms with Gasteiger partial charge in [0.1, 0.15) is 11.8 Å². The predicted octanol–water partition coefficient (Wildman–Crippen LogP) is 3.38. The minimum Gasteiger partial charge on any atom is -0.461 e. The molecule has 2 rings (SSSR count). The highest BCUT2D eigenvalue weighted by Gasteiger charge is 2.24. The van der Waals surface area contributed by atoms with Crippen LogP contribution in [0.3, 0.4) is 0 Å². The Morgan fingerprint density at radius 3 is 2.59 bits per heavy atom.